The van der Waals surface area contributed by atoms with E-state index >= 15 is 0 Å². The number of aliphatic carboxylic acids is 1. The number of carboxylic acids is 1. The van der Waals surface area contributed by atoms with Gasteiger partial charge in [0, 0.05) is 88.3 Å². The van der Waals surface area contributed by atoms with Crippen LogP contribution in [-0.4, -0.2) is 196 Å². The van der Waals surface area contributed by atoms with Crippen LogP contribution in [0, 0.1) is 23.7 Å². The number of carbonyl (C=O) groups excluding carboxylic acids is 9. The highest BCUT2D eigenvalue weighted by Gasteiger charge is 2.58. The average Bonchev–Trinajstić information content (AvgIpc) is 2.17. The van der Waals surface area contributed by atoms with Gasteiger partial charge >= 0.3 is 5.97 Å². The zero-order chi connectivity index (χ0) is 61.9. The summed E-state index contributed by atoms with van der Waals surface area (Å²) in [4.78, 5) is 141. The minimum atomic E-state index is -1.19. The number of thioether (sulfide) groups is 1. The maximum absolute atomic E-state index is 14.9. The highest BCUT2D eigenvalue weighted by atomic mass is 32.2. The summed E-state index contributed by atoms with van der Waals surface area (Å²) in [6, 6.07) is 3.28. The number of hydrogen-bond donors (Lipinski definition) is 8. The quantitative estimate of drug-likeness (QED) is 0.0210. The third-order valence-electron chi connectivity index (χ3n) is 16.5. The van der Waals surface area contributed by atoms with Gasteiger partial charge in [0.25, 0.3) is 0 Å². The van der Waals surface area contributed by atoms with Gasteiger partial charge in [-0.2, -0.15) is 0 Å². The molecule has 0 spiro atoms. The molecule has 24 nitrogen and oxygen atoms in total. The van der Waals surface area contributed by atoms with E-state index in [2.05, 4.69) is 31.4 Å². The number of aromatic amines is 1. The molecule has 2 saturated heterocycles. The van der Waals surface area contributed by atoms with E-state index in [9.17, 15) is 47.9 Å². The maximum atomic E-state index is 14.9. The summed E-state index contributed by atoms with van der Waals surface area (Å²) >= 11 is 1.05. The molecule has 0 bridgehead atoms. The predicted molar refractivity (Wildman–Crippen MR) is 314 cm³/mol. The molecule has 3 heterocycles. The van der Waals surface area contributed by atoms with Crippen molar-refractivity contribution in [3.63, 3.8) is 0 Å². The van der Waals surface area contributed by atoms with Crippen molar-refractivity contribution >= 4 is 82.2 Å². The Kier molecular flexibility index (Phi) is 27.7. The van der Waals surface area contributed by atoms with Crippen LogP contribution >= 0.6 is 11.8 Å². The fourth-order valence-corrected chi connectivity index (χ4v) is 13.3. The summed E-state index contributed by atoms with van der Waals surface area (Å²) in [5.41, 5.74) is 16.8. The molecule has 0 aliphatic carbocycles. The molecule has 1 aromatic heterocycles. The van der Waals surface area contributed by atoms with Crippen LogP contribution in [0.3, 0.4) is 0 Å². The number of ether oxygens (including phenoxy) is 2. The number of likely N-dealkylation sites (N-methyl/N-ethyl adjacent to an activating group) is 2. The number of rotatable bonds is 36. The lowest BCUT2D eigenvalue weighted by atomic mass is 9.78. The zero-order valence-corrected chi connectivity index (χ0v) is 51.2. The molecule has 25 heteroatoms. The zero-order valence-electron chi connectivity index (χ0n) is 50.4. The first kappa shape index (κ1) is 69.7. The SMILES string of the molecule is CC[C@H](C)[C@]([C@@H](CC=O)OC)(N(C)[C@H](C(=O)NC(=O)[C@H](C(C)C)N(C)CCCC(=O)NNC(=O)CCCCCN1C(=O)CC(SC[C@H](N)C(=O)O)C1=O)C(C)C)N1CCC[C@H]1[C@H](OC)[C@@H](C)C(=O)N[C@@H](Cc1c[nH]c2ccccc12)C(N)=O. The first-order valence-electron chi connectivity index (χ1n) is 29.0. The van der Waals surface area contributed by atoms with Crippen molar-refractivity contribution in [2.24, 2.45) is 35.1 Å². The Hall–Kier alpha value is -5.83. The molecule has 1 aromatic carbocycles. The lowest BCUT2D eigenvalue weighted by molar-refractivity contribution is -0.203. The standard InChI is InChI=1S/C58H93N11O13S/c1-12-36(6)58(45(81-10)25-29-70,69-28-18-22-43(69)51(82-11)37(7)53(75)62-42(52(60)74)30-38-32-61-41-21-16-15-20-39(38)41)67(9)50(35(4)5)55(77)63-54(76)49(34(2)3)66(8)26-19-24-47(72)65-64-46(71)23-14-13-17-27-68-48(73)31-44(56(68)78)83-33-40(59)57(79)80/h15-16,20-21,29,32,34-37,40,42-45,49-51,61H,12-14,17-19,22-28,30-31,33,59H2,1-11H3,(H2,60,74)(H,62,75)(H,64,71)(H,65,72)(H,79,80)(H,63,76,77)/t36-,37+,40-,42-,43-,44?,45+,49-,50-,51+,58-/m0/s1. The van der Waals surface area contributed by atoms with Crippen molar-refractivity contribution in [1.29, 1.82) is 0 Å². The summed E-state index contributed by atoms with van der Waals surface area (Å²) in [6.07, 6.45) is 4.82. The first-order valence-corrected chi connectivity index (χ1v) is 30.1. The van der Waals surface area contributed by atoms with Crippen molar-refractivity contribution < 1.29 is 62.5 Å². The van der Waals surface area contributed by atoms with Crippen LogP contribution in [0.5, 0.6) is 0 Å². The lowest BCUT2D eigenvalue weighted by Gasteiger charge is -2.59. The minimum absolute atomic E-state index is 0.00360. The Balaban J connectivity index is 1.40. The number of fused-ring (bicyclic) bond motifs is 1. The Morgan fingerprint density at radius 1 is 0.904 bits per heavy atom. The van der Waals surface area contributed by atoms with Gasteiger partial charge in [-0.3, -0.25) is 78.9 Å². The lowest BCUT2D eigenvalue weighted by Crippen LogP contribution is -2.75. The molecule has 4 rings (SSSR count). The van der Waals surface area contributed by atoms with E-state index in [1.54, 1.807) is 25.1 Å². The minimum Gasteiger partial charge on any atom is -0.480 e. The Morgan fingerprint density at radius 3 is 2.13 bits per heavy atom. The number of unbranched alkanes of at least 4 members (excludes halogenated alkanes) is 2. The van der Waals surface area contributed by atoms with Crippen molar-refractivity contribution in [3.05, 3.63) is 36.0 Å². The number of carboxylic acid groups (broad SMARTS) is 1. The van der Waals surface area contributed by atoms with E-state index in [0.29, 0.717) is 51.5 Å². The Morgan fingerprint density at radius 2 is 1.54 bits per heavy atom. The van der Waals surface area contributed by atoms with Gasteiger partial charge in [-0.1, -0.05) is 79.5 Å². The Bertz CT molecular complexity index is 2550. The van der Waals surface area contributed by atoms with Gasteiger partial charge < -0.3 is 41.1 Å². The number of aldehydes is 1. The molecule has 2 aliphatic heterocycles. The molecule has 10 N–H and O–H groups in total. The second-order valence-electron chi connectivity index (χ2n) is 22.8. The number of nitrogens with one attached hydrogen (secondary N) is 5. The number of likely N-dealkylation sites (tertiary alicyclic amines) is 2. The van der Waals surface area contributed by atoms with E-state index in [1.165, 1.54) is 14.2 Å². The average molecular weight is 1180 g/mol. The number of amides is 8. The Labute approximate surface area is 492 Å². The van der Waals surface area contributed by atoms with Crippen LogP contribution in [0.15, 0.2) is 30.5 Å². The van der Waals surface area contributed by atoms with E-state index < -0.39 is 101 Å². The second-order valence-corrected chi connectivity index (χ2v) is 24.1. The molecule has 464 valence electrons. The van der Waals surface area contributed by atoms with Gasteiger partial charge in [0.05, 0.1) is 35.5 Å². The van der Waals surface area contributed by atoms with Crippen LogP contribution in [-0.2, 0) is 63.8 Å². The number of primary amides is 1. The van der Waals surface area contributed by atoms with Crippen molar-refractivity contribution in [1.82, 2.24) is 46.1 Å². The van der Waals surface area contributed by atoms with E-state index in [1.807, 2.05) is 77.8 Å². The van der Waals surface area contributed by atoms with Crippen molar-refractivity contribution in [2.75, 3.05) is 53.7 Å². The van der Waals surface area contributed by atoms with Crippen molar-refractivity contribution in [3.8, 4) is 0 Å². The summed E-state index contributed by atoms with van der Waals surface area (Å²) < 4.78 is 12.6. The van der Waals surface area contributed by atoms with Gasteiger partial charge in [-0.25, -0.2) is 0 Å². The molecule has 1 unspecified atom stereocenters. The summed E-state index contributed by atoms with van der Waals surface area (Å²) in [7, 11) is 6.63. The predicted octanol–water partition coefficient (Wildman–Crippen LogP) is 2.46. The largest absolute Gasteiger partial charge is 0.480 e. The number of carbonyl (C=O) groups is 10. The molecular formula is C58H93N11O13S. The summed E-state index contributed by atoms with van der Waals surface area (Å²) in [5, 5.41) is 14.9. The van der Waals surface area contributed by atoms with Gasteiger partial charge in [-0.15, -0.1) is 11.8 Å². The van der Waals surface area contributed by atoms with Crippen LogP contribution in [0.4, 0.5) is 0 Å². The molecule has 0 saturated carbocycles. The van der Waals surface area contributed by atoms with Crippen molar-refractivity contribution in [2.45, 2.75) is 179 Å². The van der Waals surface area contributed by atoms with Gasteiger partial charge in [0.2, 0.25) is 47.3 Å². The monoisotopic (exact) mass is 1180 g/mol. The third kappa shape index (κ3) is 17.9. The topological polar surface area (TPSA) is 338 Å². The number of para-hydroxylation sites is 1. The number of benzene rings is 1. The molecule has 2 aromatic rings. The molecule has 83 heavy (non-hydrogen) atoms. The van der Waals surface area contributed by atoms with Crippen LogP contribution in [0.1, 0.15) is 125 Å². The fraction of sp³-hybridized carbons (Fsp3) is 0.690. The molecule has 11 atom stereocenters. The van der Waals surface area contributed by atoms with Crippen LogP contribution in [0.25, 0.3) is 10.9 Å². The van der Waals surface area contributed by atoms with Crippen LogP contribution in [0.2, 0.25) is 0 Å². The number of aromatic nitrogens is 1. The third-order valence-corrected chi connectivity index (χ3v) is 17.8. The number of nitrogens with zero attached hydrogens (tertiary/aromatic N) is 4. The molecule has 0 radical (unpaired) electrons. The van der Waals surface area contributed by atoms with E-state index in [-0.39, 0.29) is 80.5 Å². The van der Waals surface area contributed by atoms with E-state index in [4.69, 9.17) is 26.0 Å². The molecule has 2 aliphatic rings. The first-order chi connectivity index (χ1) is 39.3. The highest BCUT2D eigenvalue weighted by molar-refractivity contribution is 8.00. The number of nitrogens with two attached hydrogens (primary N) is 2. The number of hydrazine groups is 1. The number of imide groups is 2. The van der Waals surface area contributed by atoms with Gasteiger partial charge in [-0.05, 0) is 82.1 Å². The number of H-pyrrole nitrogens is 1. The fourth-order valence-electron chi connectivity index (χ4n) is 12.2. The molecule has 2 fully saturated rings. The second kappa shape index (κ2) is 33.0. The summed E-state index contributed by atoms with van der Waals surface area (Å²) in [5.74, 6) is -6.74. The number of methoxy groups -OCH3 is 2. The summed E-state index contributed by atoms with van der Waals surface area (Å²) in [6.45, 7) is 14.3. The maximum Gasteiger partial charge on any atom is 0.321 e. The van der Waals surface area contributed by atoms with E-state index in [0.717, 1.165) is 39.4 Å². The van der Waals surface area contributed by atoms with Crippen LogP contribution < -0.4 is 33.0 Å². The van der Waals surface area contributed by atoms with Gasteiger partial charge in [0.1, 0.15) is 24.0 Å². The molecule has 8 amide bonds. The number of hydrogen-bond acceptors (Lipinski definition) is 17. The normalized spacial score (nSPS) is 19.5. The molecular weight excluding hydrogens is 1090 g/mol. The smallest absolute Gasteiger partial charge is 0.321 e. The van der Waals surface area contributed by atoms with Gasteiger partial charge in [0.15, 0.2) is 0 Å². The highest BCUT2D eigenvalue weighted by Crippen LogP contribution is 2.45.